The Balaban J connectivity index is 0.00000272. The van der Waals surface area contributed by atoms with Crippen LogP contribution in [0, 0.1) is 5.92 Å². The van der Waals surface area contributed by atoms with Gasteiger partial charge in [-0.1, -0.05) is 36.4 Å². The quantitative estimate of drug-likeness (QED) is 0.559. The Labute approximate surface area is 189 Å². The van der Waals surface area contributed by atoms with Gasteiger partial charge in [-0.25, -0.2) is 4.68 Å². The number of para-hydroxylation sites is 2. The van der Waals surface area contributed by atoms with Crippen LogP contribution in [0.25, 0.3) is 10.9 Å². The van der Waals surface area contributed by atoms with Crippen LogP contribution >= 0.6 is 12.4 Å². The van der Waals surface area contributed by atoms with Gasteiger partial charge < -0.3 is 9.64 Å². The number of nitrogens with zero attached hydrogens (tertiary/aromatic N) is 5. The average Bonchev–Trinajstić information content (AvgIpc) is 2.77. The Bertz CT molecular complexity index is 1050. The summed E-state index contributed by atoms with van der Waals surface area (Å²) in [6.07, 6.45) is 0. The van der Waals surface area contributed by atoms with Crippen molar-refractivity contribution < 1.29 is 4.74 Å². The molecule has 4 rings (SSSR count). The van der Waals surface area contributed by atoms with E-state index >= 15 is 0 Å². The van der Waals surface area contributed by atoms with Gasteiger partial charge in [-0.05, 0) is 37.1 Å². The van der Waals surface area contributed by atoms with Crippen molar-refractivity contribution in [2.45, 2.75) is 20.4 Å². The molecule has 0 spiro atoms. The highest BCUT2D eigenvalue weighted by Gasteiger charge is 2.21. The first-order chi connectivity index (χ1) is 14.7. The Hall–Kier alpha value is -2.64. The maximum absolute atomic E-state index is 12.7. The first kappa shape index (κ1) is 23.0. The molecule has 1 atom stereocenters. The second-order valence-corrected chi connectivity index (χ2v) is 7.89. The smallest absolute Gasteiger partial charge is 0.277 e. The summed E-state index contributed by atoms with van der Waals surface area (Å²) in [7, 11) is 0. The Morgan fingerprint density at radius 2 is 1.71 bits per heavy atom. The minimum absolute atomic E-state index is 0. The van der Waals surface area contributed by atoms with Crippen LogP contribution in [0.2, 0.25) is 0 Å². The molecule has 0 radical (unpaired) electrons. The molecular weight excluding hydrogens is 414 g/mol. The summed E-state index contributed by atoms with van der Waals surface area (Å²) >= 11 is 0. The predicted octanol–water partition coefficient (Wildman–Crippen LogP) is 3.07. The van der Waals surface area contributed by atoms with Gasteiger partial charge >= 0.3 is 0 Å². The SMILES string of the molecule is CCOc1ccccc1N1CCN(CC(C)Cn2nnc3ccccc3c2=O)CC1.Cl. The molecule has 0 bridgehead atoms. The van der Waals surface area contributed by atoms with Gasteiger partial charge in [-0.2, -0.15) is 0 Å². The van der Waals surface area contributed by atoms with Crippen molar-refractivity contribution in [1.29, 1.82) is 0 Å². The molecule has 8 heteroatoms. The number of aromatic nitrogens is 3. The fourth-order valence-corrected chi connectivity index (χ4v) is 4.10. The van der Waals surface area contributed by atoms with Gasteiger partial charge in [0.25, 0.3) is 5.56 Å². The molecule has 2 aromatic carbocycles. The number of halogens is 1. The third kappa shape index (κ3) is 5.35. The Kier molecular flexibility index (Phi) is 7.87. The molecule has 0 amide bonds. The standard InChI is InChI=1S/C23H29N5O2.ClH/c1-3-30-22-11-7-6-10-21(22)27-14-12-26(13-15-27)16-18(2)17-28-23(29)19-8-4-5-9-20(19)24-25-28;/h4-11,18H,3,12-17H2,1-2H3;1H. The van der Waals surface area contributed by atoms with Crippen LogP contribution in [0.15, 0.2) is 53.3 Å². The summed E-state index contributed by atoms with van der Waals surface area (Å²) in [5.74, 6) is 1.26. The summed E-state index contributed by atoms with van der Waals surface area (Å²) in [5.41, 5.74) is 1.75. The van der Waals surface area contributed by atoms with E-state index in [-0.39, 0.29) is 18.0 Å². The zero-order valence-corrected chi connectivity index (χ0v) is 18.9. The normalized spacial score (nSPS) is 15.5. The van der Waals surface area contributed by atoms with Crippen LogP contribution in [0.5, 0.6) is 5.75 Å². The molecule has 1 aliphatic heterocycles. The minimum atomic E-state index is -0.0650. The van der Waals surface area contributed by atoms with Crippen molar-refractivity contribution in [2.24, 2.45) is 5.92 Å². The predicted molar refractivity (Wildman–Crippen MR) is 126 cm³/mol. The van der Waals surface area contributed by atoms with E-state index in [2.05, 4.69) is 39.2 Å². The molecule has 1 saturated heterocycles. The van der Waals surface area contributed by atoms with Gasteiger partial charge in [-0.15, -0.1) is 17.5 Å². The molecular formula is C23H30ClN5O2. The minimum Gasteiger partial charge on any atom is -0.492 e. The van der Waals surface area contributed by atoms with Crippen LogP contribution in [0.4, 0.5) is 5.69 Å². The summed E-state index contributed by atoms with van der Waals surface area (Å²) in [5, 5.41) is 8.95. The second kappa shape index (κ2) is 10.6. The highest BCUT2D eigenvalue weighted by atomic mass is 35.5. The van der Waals surface area contributed by atoms with Gasteiger partial charge in [0.2, 0.25) is 0 Å². The van der Waals surface area contributed by atoms with E-state index in [9.17, 15) is 4.79 Å². The molecule has 1 fully saturated rings. The number of benzene rings is 2. The van der Waals surface area contributed by atoms with Crippen molar-refractivity contribution in [3.8, 4) is 5.75 Å². The highest BCUT2D eigenvalue weighted by Crippen LogP contribution is 2.28. The van der Waals surface area contributed by atoms with Crippen molar-refractivity contribution in [3.05, 3.63) is 58.9 Å². The summed E-state index contributed by atoms with van der Waals surface area (Å²) in [6.45, 7) is 10.3. The molecule has 0 N–H and O–H groups in total. The molecule has 3 aromatic rings. The van der Waals surface area contributed by atoms with E-state index in [0.29, 0.717) is 30.0 Å². The number of rotatable bonds is 7. The maximum Gasteiger partial charge on any atom is 0.277 e. The van der Waals surface area contributed by atoms with Gasteiger partial charge in [0.15, 0.2) is 0 Å². The van der Waals surface area contributed by atoms with Crippen molar-refractivity contribution in [3.63, 3.8) is 0 Å². The van der Waals surface area contributed by atoms with Crippen LogP contribution in [0.1, 0.15) is 13.8 Å². The van der Waals surface area contributed by atoms with Gasteiger partial charge in [0, 0.05) is 32.7 Å². The average molecular weight is 444 g/mol. The molecule has 7 nitrogen and oxygen atoms in total. The van der Waals surface area contributed by atoms with Gasteiger partial charge in [0.05, 0.1) is 24.2 Å². The van der Waals surface area contributed by atoms with Gasteiger partial charge in [-0.3, -0.25) is 9.69 Å². The number of hydrogen-bond donors (Lipinski definition) is 0. The molecule has 1 unspecified atom stereocenters. The third-order valence-electron chi connectivity index (χ3n) is 5.56. The fraction of sp³-hybridized carbons (Fsp3) is 0.435. The monoisotopic (exact) mass is 443 g/mol. The van der Waals surface area contributed by atoms with E-state index in [1.165, 1.54) is 10.4 Å². The zero-order valence-electron chi connectivity index (χ0n) is 18.1. The number of ether oxygens (including phenoxy) is 1. The van der Waals surface area contributed by atoms with Crippen molar-refractivity contribution >= 4 is 29.0 Å². The maximum atomic E-state index is 12.7. The molecule has 166 valence electrons. The molecule has 0 saturated carbocycles. The lowest BCUT2D eigenvalue weighted by Gasteiger charge is -2.37. The second-order valence-electron chi connectivity index (χ2n) is 7.89. The molecule has 1 aromatic heterocycles. The van der Waals surface area contributed by atoms with E-state index in [1.807, 2.05) is 43.3 Å². The van der Waals surface area contributed by atoms with E-state index in [1.54, 1.807) is 0 Å². The Morgan fingerprint density at radius 3 is 2.48 bits per heavy atom. The van der Waals surface area contributed by atoms with Gasteiger partial charge in [0.1, 0.15) is 11.3 Å². The summed E-state index contributed by atoms with van der Waals surface area (Å²) < 4.78 is 7.29. The van der Waals surface area contributed by atoms with E-state index < -0.39 is 0 Å². The third-order valence-corrected chi connectivity index (χ3v) is 5.56. The lowest BCUT2D eigenvalue weighted by molar-refractivity contribution is 0.210. The molecule has 0 aliphatic carbocycles. The molecule has 31 heavy (non-hydrogen) atoms. The van der Waals surface area contributed by atoms with E-state index in [0.717, 1.165) is 38.5 Å². The summed E-state index contributed by atoms with van der Waals surface area (Å²) in [6, 6.07) is 15.6. The lowest BCUT2D eigenvalue weighted by Crippen LogP contribution is -2.48. The van der Waals surface area contributed by atoms with Crippen LogP contribution in [-0.4, -0.2) is 59.2 Å². The summed E-state index contributed by atoms with van der Waals surface area (Å²) in [4.78, 5) is 17.5. The van der Waals surface area contributed by atoms with Crippen LogP contribution in [-0.2, 0) is 6.54 Å². The fourth-order valence-electron chi connectivity index (χ4n) is 4.10. The molecule has 1 aliphatic rings. The van der Waals surface area contributed by atoms with Crippen LogP contribution in [0.3, 0.4) is 0 Å². The highest BCUT2D eigenvalue weighted by molar-refractivity contribution is 5.85. The lowest BCUT2D eigenvalue weighted by atomic mass is 10.1. The number of piperazine rings is 1. The Morgan fingerprint density at radius 1 is 1.00 bits per heavy atom. The zero-order chi connectivity index (χ0) is 20.9. The largest absolute Gasteiger partial charge is 0.492 e. The topological polar surface area (TPSA) is 63.5 Å². The molecule has 2 heterocycles. The number of anilines is 1. The van der Waals surface area contributed by atoms with Crippen molar-refractivity contribution in [1.82, 2.24) is 19.9 Å². The van der Waals surface area contributed by atoms with Crippen LogP contribution < -0.4 is 15.2 Å². The first-order valence-corrected chi connectivity index (χ1v) is 10.7. The van der Waals surface area contributed by atoms with Crippen molar-refractivity contribution in [2.75, 3.05) is 44.2 Å². The number of fused-ring (bicyclic) bond motifs is 1. The van der Waals surface area contributed by atoms with E-state index in [4.69, 9.17) is 4.74 Å². The number of hydrogen-bond acceptors (Lipinski definition) is 6. The first-order valence-electron chi connectivity index (χ1n) is 10.7.